The number of amides is 2. The van der Waals surface area contributed by atoms with Crippen molar-refractivity contribution in [3.63, 3.8) is 0 Å². The van der Waals surface area contributed by atoms with Gasteiger partial charge in [-0.2, -0.15) is 0 Å². The Morgan fingerprint density at radius 1 is 1.23 bits per heavy atom. The van der Waals surface area contributed by atoms with Crippen LogP contribution in [0.2, 0.25) is 0 Å². The van der Waals surface area contributed by atoms with E-state index < -0.39 is 16.1 Å². The minimum Gasteiger partial charge on any atom is -0.493 e. The number of nitro groups is 1. The molecule has 1 heterocycles. The molecule has 30 heavy (non-hydrogen) atoms. The number of halogens is 1. The van der Waals surface area contributed by atoms with Crippen molar-refractivity contribution >= 4 is 50.6 Å². The normalized spacial score (nSPS) is 15.0. The van der Waals surface area contributed by atoms with E-state index in [2.05, 4.69) is 15.9 Å². The molecular weight excluding hydrogens is 476 g/mol. The molecule has 2 aromatic rings. The zero-order valence-electron chi connectivity index (χ0n) is 16.1. The van der Waals surface area contributed by atoms with Crippen molar-refractivity contribution in [2.75, 3.05) is 13.7 Å². The van der Waals surface area contributed by atoms with Crippen LogP contribution in [-0.2, 0) is 11.3 Å². The van der Waals surface area contributed by atoms with Gasteiger partial charge < -0.3 is 9.47 Å². The molecule has 0 spiro atoms. The van der Waals surface area contributed by atoms with E-state index in [1.807, 2.05) is 6.92 Å². The first kappa shape index (κ1) is 21.8. The number of imide groups is 1. The summed E-state index contributed by atoms with van der Waals surface area (Å²) in [6.45, 7) is 2.15. The Morgan fingerprint density at radius 3 is 2.63 bits per heavy atom. The van der Waals surface area contributed by atoms with Crippen LogP contribution in [0.25, 0.3) is 6.08 Å². The Morgan fingerprint density at radius 2 is 1.97 bits per heavy atom. The molecule has 0 unspecified atom stereocenters. The van der Waals surface area contributed by atoms with E-state index in [1.54, 1.807) is 24.3 Å². The molecule has 1 aliphatic heterocycles. The van der Waals surface area contributed by atoms with Crippen molar-refractivity contribution < 1.29 is 24.0 Å². The molecule has 1 saturated heterocycles. The maximum absolute atomic E-state index is 12.8. The molecular formula is C20H17BrN2O6S. The lowest BCUT2D eigenvalue weighted by atomic mass is 10.1. The van der Waals surface area contributed by atoms with Crippen molar-refractivity contribution in [2.45, 2.75) is 13.5 Å². The number of hydrogen-bond donors (Lipinski definition) is 0. The molecule has 8 nitrogen and oxygen atoms in total. The van der Waals surface area contributed by atoms with Crippen LogP contribution in [0.4, 0.5) is 10.5 Å². The van der Waals surface area contributed by atoms with Crippen molar-refractivity contribution in [3.8, 4) is 11.5 Å². The summed E-state index contributed by atoms with van der Waals surface area (Å²) in [5, 5.41) is 10.7. The number of methoxy groups -OCH3 is 1. The molecule has 0 N–H and O–H groups in total. The quantitative estimate of drug-likeness (QED) is 0.304. The summed E-state index contributed by atoms with van der Waals surface area (Å²) >= 11 is 4.23. The zero-order chi connectivity index (χ0) is 21.8. The van der Waals surface area contributed by atoms with Gasteiger partial charge in [0.15, 0.2) is 11.5 Å². The summed E-state index contributed by atoms with van der Waals surface area (Å²) in [4.78, 5) is 37.1. The zero-order valence-corrected chi connectivity index (χ0v) is 18.5. The predicted molar refractivity (Wildman–Crippen MR) is 116 cm³/mol. The van der Waals surface area contributed by atoms with Gasteiger partial charge in [-0.3, -0.25) is 24.6 Å². The molecule has 156 valence electrons. The average molecular weight is 493 g/mol. The maximum Gasteiger partial charge on any atom is 0.293 e. The number of benzene rings is 2. The number of rotatable bonds is 7. The second kappa shape index (κ2) is 9.31. The van der Waals surface area contributed by atoms with Crippen LogP contribution < -0.4 is 9.47 Å². The third-order valence-electron chi connectivity index (χ3n) is 4.26. The van der Waals surface area contributed by atoms with E-state index in [4.69, 9.17) is 9.47 Å². The van der Waals surface area contributed by atoms with Crippen LogP contribution >= 0.6 is 27.7 Å². The second-order valence-corrected chi connectivity index (χ2v) is 7.96. The number of para-hydroxylation sites is 1. The molecule has 2 amide bonds. The SMILES string of the molecule is CCOc1cc(Br)c(/C=C2/SC(=O)N(Cc3ccccc3[N+](=O)[O-])C2=O)cc1OC. The second-order valence-electron chi connectivity index (χ2n) is 6.11. The number of hydrogen-bond acceptors (Lipinski definition) is 7. The van der Waals surface area contributed by atoms with Crippen LogP contribution in [0, 0.1) is 10.1 Å². The molecule has 0 aliphatic carbocycles. The fourth-order valence-electron chi connectivity index (χ4n) is 2.86. The third-order valence-corrected chi connectivity index (χ3v) is 5.85. The first-order chi connectivity index (χ1) is 14.3. The molecule has 10 heteroatoms. The van der Waals surface area contributed by atoms with Crippen molar-refractivity contribution in [3.05, 3.63) is 67.0 Å². The number of thioether (sulfide) groups is 1. The van der Waals surface area contributed by atoms with Gasteiger partial charge in [-0.1, -0.05) is 34.1 Å². The average Bonchev–Trinajstić information content (AvgIpc) is 2.97. The summed E-state index contributed by atoms with van der Waals surface area (Å²) in [6, 6.07) is 9.45. The summed E-state index contributed by atoms with van der Waals surface area (Å²) < 4.78 is 11.5. The van der Waals surface area contributed by atoms with Crippen molar-refractivity contribution in [2.24, 2.45) is 0 Å². The number of carbonyl (C=O) groups excluding carboxylic acids is 2. The topological polar surface area (TPSA) is 99.0 Å². The highest BCUT2D eigenvalue weighted by atomic mass is 79.9. The molecule has 0 aromatic heterocycles. The molecule has 0 bridgehead atoms. The Balaban J connectivity index is 1.90. The van der Waals surface area contributed by atoms with Gasteiger partial charge in [-0.15, -0.1) is 0 Å². The smallest absolute Gasteiger partial charge is 0.293 e. The molecule has 2 aromatic carbocycles. The summed E-state index contributed by atoms with van der Waals surface area (Å²) in [6.07, 6.45) is 1.58. The van der Waals surface area contributed by atoms with Crippen molar-refractivity contribution in [1.29, 1.82) is 0 Å². The van der Waals surface area contributed by atoms with E-state index in [0.29, 0.717) is 28.1 Å². The van der Waals surface area contributed by atoms with Crippen LogP contribution in [0.3, 0.4) is 0 Å². The van der Waals surface area contributed by atoms with Crippen LogP contribution in [0.15, 0.2) is 45.8 Å². The van der Waals surface area contributed by atoms with Gasteiger partial charge >= 0.3 is 0 Å². The molecule has 3 rings (SSSR count). The van der Waals surface area contributed by atoms with Crippen LogP contribution in [-0.4, -0.2) is 34.7 Å². The van der Waals surface area contributed by atoms with E-state index in [0.717, 1.165) is 16.7 Å². The van der Waals surface area contributed by atoms with E-state index in [1.165, 1.54) is 25.3 Å². The first-order valence-corrected chi connectivity index (χ1v) is 10.4. The van der Waals surface area contributed by atoms with Gasteiger partial charge in [0.2, 0.25) is 0 Å². The highest BCUT2D eigenvalue weighted by molar-refractivity contribution is 9.10. The third kappa shape index (κ3) is 4.49. The summed E-state index contributed by atoms with van der Waals surface area (Å²) in [7, 11) is 1.51. The minimum atomic E-state index is -0.534. The molecule has 0 radical (unpaired) electrons. The minimum absolute atomic E-state index is 0.139. The standard InChI is InChI=1S/C20H17BrN2O6S/c1-3-29-17-10-14(21)13(8-16(17)28-2)9-18-19(24)22(20(25)30-18)11-12-6-4-5-7-15(12)23(26)27/h4-10H,3,11H2,1-2H3/b18-9+. The Kier molecular flexibility index (Phi) is 6.78. The van der Waals surface area contributed by atoms with Gasteiger partial charge in [-0.25, -0.2) is 0 Å². The van der Waals surface area contributed by atoms with Gasteiger partial charge in [0.1, 0.15) is 0 Å². The van der Waals surface area contributed by atoms with E-state index in [9.17, 15) is 19.7 Å². The summed E-state index contributed by atoms with van der Waals surface area (Å²) in [5.41, 5.74) is 0.779. The monoisotopic (exact) mass is 492 g/mol. The summed E-state index contributed by atoms with van der Waals surface area (Å²) in [5.74, 6) is 0.529. The molecule has 0 atom stereocenters. The van der Waals surface area contributed by atoms with Crippen LogP contribution in [0.1, 0.15) is 18.1 Å². The van der Waals surface area contributed by atoms with Gasteiger partial charge in [-0.05, 0) is 42.5 Å². The molecule has 1 fully saturated rings. The molecule has 0 saturated carbocycles. The Hall–Kier alpha value is -2.85. The number of ether oxygens (including phenoxy) is 2. The van der Waals surface area contributed by atoms with Gasteiger partial charge in [0.05, 0.1) is 30.1 Å². The highest BCUT2D eigenvalue weighted by Crippen LogP contribution is 2.38. The fraction of sp³-hybridized carbons (Fsp3) is 0.200. The number of nitrogens with zero attached hydrogens (tertiary/aromatic N) is 2. The fourth-order valence-corrected chi connectivity index (χ4v) is 4.13. The number of carbonyl (C=O) groups is 2. The Bertz CT molecular complexity index is 1060. The lowest BCUT2D eigenvalue weighted by molar-refractivity contribution is -0.385. The van der Waals surface area contributed by atoms with Gasteiger partial charge in [0.25, 0.3) is 16.8 Å². The van der Waals surface area contributed by atoms with Gasteiger partial charge in [0, 0.05) is 16.1 Å². The van der Waals surface area contributed by atoms with Crippen molar-refractivity contribution in [1.82, 2.24) is 4.90 Å². The maximum atomic E-state index is 12.8. The predicted octanol–water partition coefficient (Wildman–Crippen LogP) is 5.00. The lowest BCUT2D eigenvalue weighted by Gasteiger charge is -2.13. The highest BCUT2D eigenvalue weighted by Gasteiger charge is 2.36. The van der Waals surface area contributed by atoms with Crippen LogP contribution in [0.5, 0.6) is 11.5 Å². The largest absolute Gasteiger partial charge is 0.493 e. The van der Waals surface area contributed by atoms with E-state index in [-0.39, 0.29) is 22.7 Å². The molecule has 1 aliphatic rings. The van der Waals surface area contributed by atoms with E-state index >= 15 is 0 Å². The first-order valence-electron chi connectivity index (χ1n) is 8.83. The number of nitro benzene ring substituents is 1. The lowest BCUT2D eigenvalue weighted by Crippen LogP contribution is -2.27. The Labute approximate surface area is 185 Å².